The van der Waals surface area contributed by atoms with Crippen LogP contribution in [-0.4, -0.2) is 56.6 Å². The average molecular weight is 338 g/mol. The summed E-state index contributed by atoms with van der Waals surface area (Å²) in [5.41, 5.74) is 0.393. The summed E-state index contributed by atoms with van der Waals surface area (Å²) >= 11 is 0. The summed E-state index contributed by atoms with van der Waals surface area (Å²) in [5, 5.41) is 16.0. The molecule has 8 heteroatoms. The zero-order valence-electron chi connectivity index (χ0n) is 13.8. The van der Waals surface area contributed by atoms with E-state index in [0.717, 1.165) is 23.6 Å². The third kappa shape index (κ3) is 2.90. The number of carbonyl (C=O) groups is 1. The highest BCUT2D eigenvalue weighted by Crippen LogP contribution is 2.27. The number of hydrogen-bond acceptors (Lipinski definition) is 6. The largest absolute Gasteiger partial charge is 0.481 e. The molecule has 1 fully saturated rings. The normalized spacial score (nSPS) is 17.6. The lowest BCUT2D eigenvalue weighted by atomic mass is 9.97. The Morgan fingerprint density at radius 1 is 1.36 bits per heavy atom. The molecule has 8 nitrogen and oxygen atoms in total. The fraction of sp³-hybridized carbons (Fsp3) is 0.353. The van der Waals surface area contributed by atoms with Crippen molar-refractivity contribution in [3.8, 4) is 5.88 Å². The molecule has 128 valence electrons. The van der Waals surface area contributed by atoms with E-state index in [1.165, 1.54) is 0 Å². The van der Waals surface area contributed by atoms with Gasteiger partial charge >= 0.3 is 0 Å². The summed E-state index contributed by atoms with van der Waals surface area (Å²) in [7, 11) is 1.57. The van der Waals surface area contributed by atoms with Crippen LogP contribution in [0, 0.1) is 0 Å². The average Bonchev–Trinajstić information content (AvgIpc) is 3.21. The first-order chi connectivity index (χ1) is 12.3. The molecule has 1 amide bonds. The van der Waals surface area contributed by atoms with Gasteiger partial charge in [-0.3, -0.25) is 4.79 Å². The van der Waals surface area contributed by atoms with Gasteiger partial charge in [0.25, 0.3) is 5.91 Å². The molecule has 0 saturated carbocycles. The van der Waals surface area contributed by atoms with Crippen LogP contribution < -0.4 is 4.74 Å². The Morgan fingerprint density at radius 3 is 3.04 bits per heavy atom. The molecule has 0 radical (unpaired) electrons. The number of rotatable bonds is 3. The number of H-pyrrole nitrogens is 1. The summed E-state index contributed by atoms with van der Waals surface area (Å²) in [6, 6.07) is 9.56. The standard InChI is InChI=1S/C17H18N6O2/c1-25-16-13-7-3-2-5-11(13)9-14(18-16)17(24)23-8-4-6-12(10-23)15-19-21-22-20-15/h2-3,5,7,9,12H,4,6,8,10H2,1H3,(H,19,20,21,22). The first-order valence-electron chi connectivity index (χ1n) is 8.22. The molecule has 25 heavy (non-hydrogen) atoms. The molecule has 3 aromatic rings. The van der Waals surface area contributed by atoms with Crippen molar-refractivity contribution >= 4 is 16.7 Å². The van der Waals surface area contributed by atoms with Crippen molar-refractivity contribution in [3.63, 3.8) is 0 Å². The van der Waals surface area contributed by atoms with Gasteiger partial charge in [0.05, 0.1) is 7.11 Å². The first kappa shape index (κ1) is 15.5. The van der Waals surface area contributed by atoms with Crippen LogP contribution in [0.3, 0.4) is 0 Å². The number of ether oxygens (including phenoxy) is 1. The van der Waals surface area contributed by atoms with Crippen LogP contribution in [0.15, 0.2) is 30.3 Å². The molecular formula is C17H18N6O2. The van der Waals surface area contributed by atoms with Gasteiger partial charge in [0, 0.05) is 24.4 Å². The number of methoxy groups -OCH3 is 1. The van der Waals surface area contributed by atoms with Gasteiger partial charge in [-0.25, -0.2) is 4.98 Å². The molecule has 3 heterocycles. The molecule has 4 rings (SSSR count). The van der Waals surface area contributed by atoms with E-state index in [1.807, 2.05) is 30.3 Å². The van der Waals surface area contributed by atoms with Gasteiger partial charge in [0.1, 0.15) is 5.69 Å². The Labute approximate surface area is 144 Å². The van der Waals surface area contributed by atoms with E-state index in [4.69, 9.17) is 4.74 Å². The van der Waals surface area contributed by atoms with Crippen LogP contribution in [0.4, 0.5) is 0 Å². The molecule has 1 aromatic carbocycles. The predicted octanol–water partition coefficient (Wildman–Crippen LogP) is 1.78. The maximum absolute atomic E-state index is 13.0. The van der Waals surface area contributed by atoms with Crippen LogP contribution in [0.2, 0.25) is 0 Å². The molecule has 1 aliphatic rings. The van der Waals surface area contributed by atoms with Crippen molar-refractivity contribution < 1.29 is 9.53 Å². The molecule has 0 spiro atoms. The minimum Gasteiger partial charge on any atom is -0.481 e. The molecule has 0 aliphatic carbocycles. The molecule has 1 unspecified atom stereocenters. The van der Waals surface area contributed by atoms with E-state index in [0.29, 0.717) is 30.5 Å². The van der Waals surface area contributed by atoms with Crippen molar-refractivity contribution in [2.75, 3.05) is 20.2 Å². The Hall–Kier alpha value is -3.03. The van der Waals surface area contributed by atoms with Crippen molar-refractivity contribution in [3.05, 3.63) is 41.9 Å². The van der Waals surface area contributed by atoms with Crippen LogP contribution in [0.5, 0.6) is 5.88 Å². The smallest absolute Gasteiger partial charge is 0.272 e. The summed E-state index contributed by atoms with van der Waals surface area (Å²) < 4.78 is 5.37. The number of fused-ring (bicyclic) bond motifs is 1. The van der Waals surface area contributed by atoms with Crippen LogP contribution in [-0.2, 0) is 0 Å². The second kappa shape index (κ2) is 6.46. The third-order valence-electron chi connectivity index (χ3n) is 4.55. The number of benzene rings is 1. The number of likely N-dealkylation sites (tertiary alicyclic amines) is 1. The van der Waals surface area contributed by atoms with Crippen LogP contribution in [0.25, 0.3) is 10.8 Å². The van der Waals surface area contributed by atoms with Crippen LogP contribution >= 0.6 is 0 Å². The zero-order chi connectivity index (χ0) is 17.2. The number of aromatic nitrogens is 5. The Morgan fingerprint density at radius 2 is 2.24 bits per heavy atom. The van der Waals surface area contributed by atoms with Gasteiger partial charge in [0.15, 0.2) is 5.82 Å². The van der Waals surface area contributed by atoms with E-state index < -0.39 is 0 Å². The topological polar surface area (TPSA) is 96.9 Å². The Bertz CT molecular complexity index is 895. The lowest BCUT2D eigenvalue weighted by Gasteiger charge is -2.31. The number of carbonyl (C=O) groups excluding carboxylic acids is 1. The SMILES string of the molecule is COc1nc(C(=O)N2CCCC(c3nn[nH]n3)C2)cc2ccccc12. The van der Waals surface area contributed by atoms with E-state index in [2.05, 4.69) is 25.6 Å². The van der Waals surface area contributed by atoms with Gasteiger partial charge in [-0.2, -0.15) is 5.21 Å². The second-order valence-electron chi connectivity index (χ2n) is 6.10. The summed E-state index contributed by atoms with van der Waals surface area (Å²) in [6.45, 7) is 1.26. The Kier molecular flexibility index (Phi) is 4.01. The van der Waals surface area contributed by atoms with Crippen LogP contribution in [0.1, 0.15) is 35.1 Å². The number of hydrogen-bond donors (Lipinski definition) is 1. The third-order valence-corrected chi connectivity index (χ3v) is 4.55. The maximum Gasteiger partial charge on any atom is 0.272 e. The maximum atomic E-state index is 13.0. The highest BCUT2D eigenvalue weighted by molar-refractivity contribution is 5.98. The number of amides is 1. The number of pyridine rings is 1. The zero-order valence-corrected chi connectivity index (χ0v) is 13.8. The fourth-order valence-corrected chi connectivity index (χ4v) is 3.31. The highest BCUT2D eigenvalue weighted by atomic mass is 16.5. The second-order valence-corrected chi connectivity index (χ2v) is 6.10. The summed E-state index contributed by atoms with van der Waals surface area (Å²) in [5.74, 6) is 1.12. The highest BCUT2D eigenvalue weighted by Gasteiger charge is 2.28. The number of tetrazole rings is 1. The predicted molar refractivity (Wildman–Crippen MR) is 90.4 cm³/mol. The number of nitrogens with zero attached hydrogens (tertiary/aromatic N) is 5. The lowest BCUT2D eigenvalue weighted by molar-refractivity contribution is 0.0698. The van der Waals surface area contributed by atoms with Crippen molar-refractivity contribution in [2.24, 2.45) is 0 Å². The number of piperidine rings is 1. The number of nitrogens with one attached hydrogen (secondary N) is 1. The van der Waals surface area contributed by atoms with E-state index in [-0.39, 0.29) is 11.8 Å². The molecule has 1 N–H and O–H groups in total. The molecule has 0 bridgehead atoms. The monoisotopic (exact) mass is 338 g/mol. The quantitative estimate of drug-likeness (QED) is 0.782. The Balaban J connectivity index is 1.63. The number of aromatic amines is 1. The van der Waals surface area contributed by atoms with E-state index >= 15 is 0 Å². The van der Waals surface area contributed by atoms with Gasteiger partial charge in [0.2, 0.25) is 5.88 Å². The minimum absolute atomic E-state index is 0.0961. The van der Waals surface area contributed by atoms with Crippen molar-refractivity contribution in [2.45, 2.75) is 18.8 Å². The molecular weight excluding hydrogens is 320 g/mol. The fourth-order valence-electron chi connectivity index (χ4n) is 3.31. The van der Waals surface area contributed by atoms with E-state index in [9.17, 15) is 4.79 Å². The molecule has 1 atom stereocenters. The van der Waals surface area contributed by atoms with Crippen molar-refractivity contribution in [1.82, 2.24) is 30.5 Å². The summed E-state index contributed by atoms with van der Waals surface area (Å²) in [4.78, 5) is 19.2. The van der Waals surface area contributed by atoms with Gasteiger partial charge in [-0.05, 0) is 30.4 Å². The van der Waals surface area contributed by atoms with E-state index in [1.54, 1.807) is 12.0 Å². The van der Waals surface area contributed by atoms with Gasteiger partial charge < -0.3 is 9.64 Å². The van der Waals surface area contributed by atoms with Crippen molar-refractivity contribution in [1.29, 1.82) is 0 Å². The molecule has 1 aliphatic heterocycles. The summed E-state index contributed by atoms with van der Waals surface area (Å²) in [6.07, 6.45) is 1.84. The first-order valence-corrected chi connectivity index (χ1v) is 8.22. The van der Waals surface area contributed by atoms with Gasteiger partial charge in [-0.1, -0.05) is 23.4 Å². The lowest BCUT2D eigenvalue weighted by Crippen LogP contribution is -2.39. The minimum atomic E-state index is -0.0998. The molecule has 2 aromatic heterocycles. The van der Waals surface area contributed by atoms with Gasteiger partial charge in [-0.15, -0.1) is 10.2 Å². The molecule has 1 saturated heterocycles.